The number of rotatable bonds is 3. The molecular weight excluding hydrogens is 313 g/mol. The fraction of sp³-hybridized carbons (Fsp3) is 0.462. The summed E-state index contributed by atoms with van der Waals surface area (Å²) in [6, 6.07) is 10.7. The Bertz CT molecular complexity index is 365. The monoisotopic (exact) mass is 331 g/mol. The van der Waals surface area contributed by atoms with Gasteiger partial charge in [0.2, 0.25) is 0 Å². The third kappa shape index (κ3) is 2.39. The van der Waals surface area contributed by atoms with Crippen LogP contribution in [-0.4, -0.2) is 14.8 Å². The third-order valence-corrected chi connectivity index (χ3v) is 9.92. The van der Waals surface area contributed by atoms with Crippen LogP contribution in [0, 0.1) is 15.4 Å². The minimum absolute atomic E-state index is 0.0809. The fourth-order valence-corrected chi connectivity index (χ4v) is 9.92. The molecule has 0 spiro atoms. The van der Waals surface area contributed by atoms with Crippen molar-refractivity contribution in [2.75, 3.05) is 8.86 Å². The van der Waals surface area contributed by atoms with E-state index >= 15 is 0 Å². The van der Waals surface area contributed by atoms with Crippen LogP contribution < -0.4 is 5.73 Å². The van der Waals surface area contributed by atoms with Gasteiger partial charge in [0.05, 0.1) is 0 Å². The Balaban J connectivity index is 2.14. The summed E-state index contributed by atoms with van der Waals surface area (Å²) in [5, 5.41) is 0. The molecule has 1 saturated heterocycles. The average molecular weight is 331 g/mol. The summed E-state index contributed by atoms with van der Waals surface area (Å²) < 4.78 is 3.86. The Morgan fingerprint density at radius 2 is 2.06 bits per heavy atom. The van der Waals surface area contributed by atoms with Gasteiger partial charge in [-0.3, -0.25) is 0 Å². The van der Waals surface area contributed by atoms with Crippen molar-refractivity contribution < 1.29 is 4.79 Å². The summed E-state index contributed by atoms with van der Waals surface area (Å²) in [7, 11) is 0. The third-order valence-electron chi connectivity index (χ3n) is 3.24. The Kier molecular flexibility index (Phi) is 3.84. The molecule has 3 heteroatoms. The molecular formula is C13H18INO. The molecule has 2 nitrogen and oxygen atoms in total. The Morgan fingerprint density at radius 1 is 1.38 bits per heavy atom. The second kappa shape index (κ2) is 5.17. The van der Waals surface area contributed by atoms with E-state index in [-0.39, 0.29) is 11.8 Å². The van der Waals surface area contributed by atoms with E-state index in [1.165, 1.54) is 8.00 Å². The number of carbonyl (C=O) groups is 1. The standard InChI is InChI=1S/C13H18INO/c1-2-10-8-14(9-12(10)13(15)16)11-6-4-3-5-7-11/h3-7,10,12H,2,8-9H2,1H3,(H2,15,16). The van der Waals surface area contributed by atoms with Crippen molar-refractivity contribution >= 4 is 25.7 Å². The number of hydrogen-bond donors (Lipinski definition) is 1. The molecule has 2 rings (SSSR count). The normalized spacial score (nSPS) is 26.9. The van der Waals surface area contributed by atoms with Gasteiger partial charge in [-0.05, 0) is 0 Å². The Hall–Kier alpha value is -0.580. The molecule has 1 aromatic rings. The number of primary amides is 1. The first kappa shape index (κ1) is 11.9. The summed E-state index contributed by atoms with van der Waals surface area (Å²) >= 11 is -1.11. The van der Waals surface area contributed by atoms with Gasteiger partial charge in [-0.25, -0.2) is 0 Å². The summed E-state index contributed by atoms with van der Waals surface area (Å²) in [5.74, 6) is 0.612. The van der Waals surface area contributed by atoms with Gasteiger partial charge in [0.15, 0.2) is 0 Å². The molecule has 1 fully saturated rings. The van der Waals surface area contributed by atoms with Crippen LogP contribution >= 0.6 is 19.8 Å². The topological polar surface area (TPSA) is 43.1 Å². The van der Waals surface area contributed by atoms with Crippen LogP contribution in [0.5, 0.6) is 0 Å². The SMILES string of the molecule is CCC1CI(c2ccccc2)CC1C(N)=O. The number of hydrogen-bond acceptors (Lipinski definition) is 1. The molecule has 0 radical (unpaired) electrons. The summed E-state index contributed by atoms with van der Waals surface area (Å²) in [4.78, 5) is 11.4. The predicted octanol–water partition coefficient (Wildman–Crippen LogP) is 2.50. The summed E-state index contributed by atoms with van der Waals surface area (Å²) in [6.45, 7) is 2.17. The van der Waals surface area contributed by atoms with Gasteiger partial charge >= 0.3 is 104 Å². The van der Waals surface area contributed by atoms with Crippen molar-refractivity contribution in [3.8, 4) is 0 Å². The van der Waals surface area contributed by atoms with E-state index in [2.05, 4.69) is 37.3 Å². The second-order valence-electron chi connectivity index (χ2n) is 4.24. The van der Waals surface area contributed by atoms with E-state index in [0.717, 1.165) is 10.8 Å². The Morgan fingerprint density at radius 3 is 2.56 bits per heavy atom. The van der Waals surface area contributed by atoms with E-state index in [0.29, 0.717) is 5.92 Å². The van der Waals surface area contributed by atoms with Crippen LogP contribution in [0.4, 0.5) is 0 Å². The van der Waals surface area contributed by atoms with Crippen molar-refractivity contribution in [1.29, 1.82) is 0 Å². The number of benzene rings is 1. The number of nitrogens with two attached hydrogens (primary N) is 1. The molecule has 2 unspecified atom stereocenters. The zero-order valence-electron chi connectivity index (χ0n) is 9.53. The van der Waals surface area contributed by atoms with Crippen LogP contribution in [0.1, 0.15) is 13.3 Å². The van der Waals surface area contributed by atoms with Crippen molar-refractivity contribution in [3.05, 3.63) is 33.9 Å². The summed E-state index contributed by atoms with van der Waals surface area (Å²) in [5.41, 5.74) is 5.49. The van der Waals surface area contributed by atoms with Gasteiger partial charge in [-0.2, -0.15) is 0 Å². The van der Waals surface area contributed by atoms with Crippen LogP contribution in [0.3, 0.4) is 0 Å². The zero-order chi connectivity index (χ0) is 11.5. The molecule has 1 heterocycles. The van der Waals surface area contributed by atoms with E-state index in [1.807, 2.05) is 0 Å². The van der Waals surface area contributed by atoms with Gasteiger partial charge in [0.1, 0.15) is 0 Å². The average Bonchev–Trinajstić information content (AvgIpc) is 2.74. The molecule has 0 aromatic heterocycles. The van der Waals surface area contributed by atoms with E-state index in [4.69, 9.17) is 5.73 Å². The van der Waals surface area contributed by atoms with Crippen molar-refractivity contribution in [2.24, 2.45) is 17.6 Å². The first-order valence-electron chi connectivity index (χ1n) is 5.68. The molecule has 0 saturated carbocycles. The maximum atomic E-state index is 11.4. The van der Waals surface area contributed by atoms with Crippen LogP contribution in [0.2, 0.25) is 0 Å². The first-order valence-corrected chi connectivity index (χ1v) is 9.81. The summed E-state index contributed by atoms with van der Waals surface area (Å²) in [6.07, 6.45) is 1.09. The second-order valence-corrected chi connectivity index (χ2v) is 9.85. The fourth-order valence-electron chi connectivity index (χ4n) is 2.21. The van der Waals surface area contributed by atoms with E-state index in [9.17, 15) is 4.79 Å². The number of carbonyl (C=O) groups excluding carboxylic acids is 1. The molecule has 1 amide bonds. The van der Waals surface area contributed by atoms with Crippen LogP contribution in [0.15, 0.2) is 30.3 Å². The molecule has 0 aliphatic carbocycles. The Labute approximate surface area is 104 Å². The van der Waals surface area contributed by atoms with Crippen molar-refractivity contribution in [1.82, 2.24) is 0 Å². The van der Waals surface area contributed by atoms with Crippen molar-refractivity contribution in [2.45, 2.75) is 13.3 Å². The van der Waals surface area contributed by atoms with Crippen molar-refractivity contribution in [3.63, 3.8) is 0 Å². The zero-order valence-corrected chi connectivity index (χ0v) is 11.7. The molecule has 88 valence electrons. The molecule has 1 aromatic carbocycles. The molecule has 16 heavy (non-hydrogen) atoms. The molecule has 2 atom stereocenters. The van der Waals surface area contributed by atoms with Gasteiger partial charge in [-0.1, -0.05) is 0 Å². The number of halogens is 1. The number of amides is 1. The van der Waals surface area contributed by atoms with Gasteiger partial charge in [0, 0.05) is 0 Å². The minimum atomic E-state index is -1.11. The quantitative estimate of drug-likeness (QED) is 0.671. The molecule has 1 aliphatic rings. The van der Waals surface area contributed by atoms with Gasteiger partial charge < -0.3 is 0 Å². The van der Waals surface area contributed by atoms with Gasteiger partial charge in [0.25, 0.3) is 0 Å². The number of alkyl halides is 2. The van der Waals surface area contributed by atoms with E-state index in [1.54, 1.807) is 0 Å². The molecule has 0 bridgehead atoms. The first-order chi connectivity index (χ1) is 7.72. The molecule has 2 N–H and O–H groups in total. The van der Waals surface area contributed by atoms with E-state index < -0.39 is 19.8 Å². The van der Waals surface area contributed by atoms with Gasteiger partial charge in [-0.15, -0.1) is 0 Å². The molecule has 1 aliphatic heterocycles. The maximum absolute atomic E-state index is 11.4. The van der Waals surface area contributed by atoms with Crippen LogP contribution in [-0.2, 0) is 4.79 Å². The predicted molar refractivity (Wildman–Crippen MR) is 75.4 cm³/mol. The van der Waals surface area contributed by atoms with Crippen LogP contribution in [0.25, 0.3) is 0 Å².